The molecule has 0 aliphatic carbocycles. The molecular weight excluding hydrogens is 122 g/mol. The molecule has 1 heteroatoms. The highest BCUT2D eigenvalue weighted by molar-refractivity contribution is 4.68. The van der Waals surface area contributed by atoms with Gasteiger partial charge in [-0.3, -0.25) is 0 Å². The van der Waals surface area contributed by atoms with Crippen molar-refractivity contribution in [1.82, 2.24) is 5.32 Å². The van der Waals surface area contributed by atoms with Crippen molar-refractivity contribution in [3.63, 3.8) is 0 Å². The fourth-order valence-electron chi connectivity index (χ4n) is 0.759. The maximum absolute atomic E-state index is 3.53. The molecule has 0 rings (SSSR count). The number of nitrogens with one attached hydrogen (secondary N) is 1. The number of hydrogen-bond donors (Lipinski definition) is 1. The molecule has 0 amide bonds. The summed E-state index contributed by atoms with van der Waals surface area (Å²) in [5, 5.41) is 3.53. The van der Waals surface area contributed by atoms with Crippen LogP contribution in [-0.4, -0.2) is 12.1 Å². The topological polar surface area (TPSA) is 12.0 Å². The lowest BCUT2D eigenvalue weighted by atomic mass is 10.1. The van der Waals surface area contributed by atoms with E-state index in [2.05, 4.69) is 39.9 Å². The van der Waals surface area contributed by atoms with Crippen LogP contribution in [0.2, 0.25) is 0 Å². The van der Waals surface area contributed by atoms with Crippen LogP contribution in [0.4, 0.5) is 0 Å². The monoisotopic (exact) mass is 143 g/mol. The molecule has 0 spiro atoms. The summed E-state index contributed by atoms with van der Waals surface area (Å²) in [6, 6.07) is 1.31. The van der Waals surface area contributed by atoms with Crippen LogP contribution < -0.4 is 5.32 Å². The average molecular weight is 143 g/mol. The molecule has 0 fully saturated rings. The second-order valence-electron chi connectivity index (χ2n) is 3.51. The fourth-order valence-corrected chi connectivity index (χ4v) is 0.759. The van der Waals surface area contributed by atoms with Gasteiger partial charge in [-0.15, -0.1) is 0 Å². The molecule has 0 aliphatic rings. The van der Waals surface area contributed by atoms with Crippen molar-refractivity contribution >= 4 is 0 Å². The average Bonchev–Trinajstić information content (AvgIpc) is 1.87. The predicted octanol–water partition coefficient (Wildman–Crippen LogP) is 2.42. The second kappa shape index (κ2) is 4.73. The van der Waals surface area contributed by atoms with E-state index in [9.17, 15) is 0 Å². The highest BCUT2D eigenvalue weighted by Crippen LogP contribution is 2.01. The Bertz CT molecular complexity index is 78.8. The first-order valence-electron chi connectivity index (χ1n) is 4.34. The van der Waals surface area contributed by atoms with E-state index in [0.717, 1.165) is 5.92 Å². The van der Waals surface area contributed by atoms with Crippen molar-refractivity contribution in [1.29, 1.82) is 0 Å². The molecule has 1 unspecified atom stereocenters. The molecule has 0 aromatic heterocycles. The minimum Gasteiger partial charge on any atom is -0.312 e. The molecule has 0 bridgehead atoms. The van der Waals surface area contributed by atoms with E-state index in [4.69, 9.17) is 0 Å². The summed E-state index contributed by atoms with van der Waals surface area (Å²) >= 11 is 0. The smallest absolute Gasteiger partial charge is 0.00642 e. The normalized spacial score (nSPS) is 17.4. The lowest BCUT2D eigenvalue weighted by Gasteiger charge is -2.21. The Morgan fingerprint density at radius 3 is 1.90 bits per heavy atom. The number of hydrogen-bond acceptors (Lipinski definition) is 1. The molecule has 2 atom stereocenters. The fraction of sp³-hybridized carbons (Fsp3) is 1.00. The van der Waals surface area contributed by atoms with E-state index in [-0.39, 0.29) is 0 Å². The molecule has 0 saturated heterocycles. The highest BCUT2D eigenvalue weighted by Gasteiger charge is 2.08. The molecule has 0 aromatic rings. The van der Waals surface area contributed by atoms with Crippen molar-refractivity contribution in [2.75, 3.05) is 0 Å². The van der Waals surface area contributed by atoms with Crippen LogP contribution in [0.5, 0.6) is 0 Å². The van der Waals surface area contributed by atoms with Gasteiger partial charge in [0.15, 0.2) is 0 Å². The standard InChI is InChI=1S/C9H21N/c1-6-8(4)10-9(5)7(2)3/h7-10H,6H2,1-5H3/t8-,9?/m0/s1. The molecule has 0 heterocycles. The summed E-state index contributed by atoms with van der Waals surface area (Å²) in [5.41, 5.74) is 0. The van der Waals surface area contributed by atoms with Crippen molar-refractivity contribution in [3.8, 4) is 0 Å². The van der Waals surface area contributed by atoms with Crippen molar-refractivity contribution in [2.45, 2.75) is 53.1 Å². The maximum atomic E-state index is 3.53. The van der Waals surface area contributed by atoms with Crippen molar-refractivity contribution in [2.24, 2.45) is 5.92 Å². The SMILES string of the molecule is CC[C@H](C)NC(C)C(C)C. The zero-order valence-electron chi connectivity index (χ0n) is 7.94. The Morgan fingerprint density at radius 2 is 1.60 bits per heavy atom. The molecule has 10 heavy (non-hydrogen) atoms. The van der Waals surface area contributed by atoms with Gasteiger partial charge in [-0.1, -0.05) is 20.8 Å². The van der Waals surface area contributed by atoms with E-state index in [1.165, 1.54) is 6.42 Å². The summed E-state index contributed by atoms with van der Waals surface area (Å²) < 4.78 is 0. The Hall–Kier alpha value is -0.0400. The molecule has 0 radical (unpaired) electrons. The molecule has 1 N–H and O–H groups in total. The van der Waals surface area contributed by atoms with E-state index in [1.54, 1.807) is 0 Å². The van der Waals surface area contributed by atoms with Crippen molar-refractivity contribution < 1.29 is 0 Å². The summed E-state index contributed by atoms with van der Waals surface area (Å²) in [5.74, 6) is 0.744. The van der Waals surface area contributed by atoms with Gasteiger partial charge in [-0.25, -0.2) is 0 Å². The van der Waals surface area contributed by atoms with Gasteiger partial charge < -0.3 is 5.32 Å². The quantitative estimate of drug-likeness (QED) is 0.637. The number of rotatable bonds is 4. The summed E-state index contributed by atoms with van der Waals surface area (Å²) in [6.45, 7) is 11.2. The second-order valence-corrected chi connectivity index (χ2v) is 3.51. The largest absolute Gasteiger partial charge is 0.312 e. The van der Waals surface area contributed by atoms with E-state index in [1.807, 2.05) is 0 Å². The van der Waals surface area contributed by atoms with Gasteiger partial charge in [-0.2, -0.15) is 0 Å². The van der Waals surface area contributed by atoms with Gasteiger partial charge in [0.1, 0.15) is 0 Å². The van der Waals surface area contributed by atoms with E-state index in [0.29, 0.717) is 12.1 Å². The van der Waals surface area contributed by atoms with Crippen molar-refractivity contribution in [3.05, 3.63) is 0 Å². The van der Waals surface area contributed by atoms with Gasteiger partial charge in [-0.05, 0) is 26.2 Å². The zero-order valence-corrected chi connectivity index (χ0v) is 7.94. The predicted molar refractivity (Wildman–Crippen MR) is 47.2 cm³/mol. The molecule has 62 valence electrons. The third-order valence-electron chi connectivity index (χ3n) is 2.16. The lowest BCUT2D eigenvalue weighted by molar-refractivity contribution is 0.378. The Morgan fingerprint density at radius 1 is 1.10 bits per heavy atom. The molecule has 1 nitrogen and oxygen atoms in total. The van der Waals surface area contributed by atoms with Gasteiger partial charge in [0.05, 0.1) is 0 Å². The third kappa shape index (κ3) is 3.89. The Kier molecular flexibility index (Phi) is 4.71. The summed E-state index contributed by atoms with van der Waals surface area (Å²) in [4.78, 5) is 0. The maximum Gasteiger partial charge on any atom is 0.00642 e. The van der Waals surface area contributed by atoms with Crippen LogP contribution in [0.15, 0.2) is 0 Å². The van der Waals surface area contributed by atoms with Gasteiger partial charge in [0, 0.05) is 12.1 Å². The zero-order chi connectivity index (χ0) is 8.15. The van der Waals surface area contributed by atoms with E-state index < -0.39 is 0 Å². The van der Waals surface area contributed by atoms with E-state index >= 15 is 0 Å². The Labute approximate surface area is 65.2 Å². The molecule has 0 aliphatic heterocycles. The summed E-state index contributed by atoms with van der Waals surface area (Å²) in [7, 11) is 0. The summed E-state index contributed by atoms with van der Waals surface area (Å²) in [6.07, 6.45) is 1.22. The lowest BCUT2D eigenvalue weighted by Crippen LogP contribution is -2.37. The molecule has 0 aromatic carbocycles. The van der Waals surface area contributed by atoms with Crippen LogP contribution in [0, 0.1) is 5.92 Å². The first-order chi connectivity index (χ1) is 4.57. The van der Waals surface area contributed by atoms with Crippen LogP contribution in [0.3, 0.4) is 0 Å². The van der Waals surface area contributed by atoms with Gasteiger partial charge >= 0.3 is 0 Å². The highest BCUT2D eigenvalue weighted by atomic mass is 14.9. The van der Waals surface area contributed by atoms with Crippen LogP contribution in [-0.2, 0) is 0 Å². The Balaban J connectivity index is 3.46. The minimum atomic E-state index is 0.648. The van der Waals surface area contributed by atoms with Crippen LogP contribution in [0.1, 0.15) is 41.0 Å². The van der Waals surface area contributed by atoms with Gasteiger partial charge in [0.25, 0.3) is 0 Å². The van der Waals surface area contributed by atoms with Gasteiger partial charge in [0.2, 0.25) is 0 Å². The minimum absolute atomic E-state index is 0.648. The first kappa shape index (κ1) is 9.96. The first-order valence-corrected chi connectivity index (χ1v) is 4.34. The molecular formula is C9H21N. The third-order valence-corrected chi connectivity index (χ3v) is 2.16. The molecule has 0 saturated carbocycles. The van der Waals surface area contributed by atoms with Crippen LogP contribution >= 0.6 is 0 Å². The van der Waals surface area contributed by atoms with Crippen LogP contribution in [0.25, 0.3) is 0 Å².